The quantitative estimate of drug-likeness (QED) is 0.336. The van der Waals surface area contributed by atoms with Crippen LogP contribution in [-0.2, 0) is 6.54 Å². The van der Waals surface area contributed by atoms with Gasteiger partial charge >= 0.3 is 0 Å². The largest absolute Gasteiger partial charge is 0.390 e. The number of nitrogens with two attached hydrogens (primary N) is 1. The average Bonchev–Trinajstić information content (AvgIpc) is 3.31. The zero-order chi connectivity index (χ0) is 26.4. The van der Waals surface area contributed by atoms with E-state index in [1.807, 2.05) is 66.7 Å². The third-order valence-electron chi connectivity index (χ3n) is 6.41. The topological polar surface area (TPSA) is 84.4 Å². The van der Waals surface area contributed by atoms with Crippen LogP contribution >= 0.6 is 0 Å². The fourth-order valence-electron chi connectivity index (χ4n) is 4.65. The predicted octanol–water partition coefficient (Wildman–Crippen LogP) is 5.15. The lowest BCUT2D eigenvalue weighted by Crippen LogP contribution is -2.47. The highest BCUT2D eigenvalue weighted by atomic mass is 16.3. The maximum atomic E-state index is 13.9. The van der Waals surface area contributed by atoms with Gasteiger partial charge in [0.2, 0.25) is 0 Å². The van der Waals surface area contributed by atoms with E-state index in [0.717, 1.165) is 22.6 Å². The van der Waals surface area contributed by atoms with E-state index in [0.29, 0.717) is 12.1 Å². The van der Waals surface area contributed by atoms with Crippen LogP contribution in [0.4, 0.5) is 0 Å². The zero-order valence-electron chi connectivity index (χ0n) is 21.8. The summed E-state index contributed by atoms with van der Waals surface area (Å²) in [5.41, 5.74) is 8.96. The Morgan fingerprint density at radius 3 is 2.08 bits per heavy atom. The highest BCUT2D eigenvalue weighted by Crippen LogP contribution is 2.40. The Hall–Kier alpha value is -3.74. The van der Waals surface area contributed by atoms with Gasteiger partial charge in [-0.05, 0) is 23.1 Å². The van der Waals surface area contributed by atoms with Crippen molar-refractivity contribution in [2.24, 2.45) is 11.1 Å². The molecular formula is C31H36N4O2. The second-order valence-electron chi connectivity index (χ2n) is 10.4. The van der Waals surface area contributed by atoms with Gasteiger partial charge in [0.25, 0.3) is 5.91 Å². The number of benzene rings is 3. The summed E-state index contributed by atoms with van der Waals surface area (Å²) in [5, 5.41) is 10.6. The number of nitrogens with zero attached hydrogens (tertiary/aromatic N) is 3. The first-order valence-corrected chi connectivity index (χ1v) is 12.7. The van der Waals surface area contributed by atoms with E-state index in [1.54, 1.807) is 17.0 Å². The molecule has 2 atom stereocenters. The van der Waals surface area contributed by atoms with Crippen LogP contribution in [0.2, 0.25) is 0 Å². The van der Waals surface area contributed by atoms with Gasteiger partial charge in [0.15, 0.2) is 0 Å². The highest BCUT2D eigenvalue weighted by Gasteiger charge is 2.39. The third kappa shape index (κ3) is 6.34. The summed E-state index contributed by atoms with van der Waals surface area (Å²) >= 11 is 0. The number of hydrogen-bond acceptors (Lipinski definition) is 4. The summed E-state index contributed by atoms with van der Waals surface area (Å²) in [6.07, 6.45) is 1.20. The molecule has 1 amide bonds. The molecule has 37 heavy (non-hydrogen) atoms. The molecule has 0 saturated heterocycles. The molecule has 0 unspecified atom stereocenters. The van der Waals surface area contributed by atoms with Gasteiger partial charge in [-0.1, -0.05) is 99.6 Å². The third-order valence-corrected chi connectivity index (χ3v) is 6.41. The number of imidazole rings is 1. The van der Waals surface area contributed by atoms with Crippen molar-refractivity contribution in [2.45, 2.75) is 39.5 Å². The van der Waals surface area contributed by atoms with Crippen molar-refractivity contribution in [1.82, 2.24) is 14.5 Å². The minimum Gasteiger partial charge on any atom is -0.390 e. The molecule has 3 aromatic carbocycles. The molecule has 6 heteroatoms. The van der Waals surface area contributed by atoms with Crippen molar-refractivity contribution in [2.75, 3.05) is 13.1 Å². The number of aliphatic hydroxyl groups is 1. The smallest absolute Gasteiger partial charge is 0.254 e. The highest BCUT2D eigenvalue weighted by molar-refractivity contribution is 5.94. The monoisotopic (exact) mass is 496 g/mol. The maximum Gasteiger partial charge on any atom is 0.254 e. The van der Waals surface area contributed by atoms with Gasteiger partial charge in [-0.15, -0.1) is 0 Å². The number of aliphatic hydroxyl groups excluding tert-OH is 1. The molecule has 0 fully saturated rings. The van der Waals surface area contributed by atoms with E-state index in [2.05, 4.69) is 43.7 Å². The van der Waals surface area contributed by atoms with Crippen LogP contribution in [0.3, 0.4) is 0 Å². The van der Waals surface area contributed by atoms with Gasteiger partial charge < -0.3 is 20.3 Å². The normalized spacial score (nSPS) is 13.2. The molecule has 1 heterocycles. The number of carbonyl (C=O) groups is 1. The Bertz CT molecular complexity index is 1280. The van der Waals surface area contributed by atoms with Crippen LogP contribution in [0.5, 0.6) is 0 Å². The number of hydrogen-bond donors (Lipinski definition) is 2. The van der Waals surface area contributed by atoms with E-state index in [1.165, 1.54) is 0 Å². The number of rotatable bonds is 9. The van der Waals surface area contributed by atoms with Crippen molar-refractivity contribution in [1.29, 1.82) is 0 Å². The lowest BCUT2D eigenvalue weighted by atomic mass is 9.84. The Morgan fingerprint density at radius 2 is 1.51 bits per heavy atom. The van der Waals surface area contributed by atoms with Gasteiger partial charge in [0, 0.05) is 37.0 Å². The fraction of sp³-hybridized carbons (Fsp3) is 0.290. The van der Waals surface area contributed by atoms with Gasteiger partial charge in [0.05, 0.1) is 17.8 Å². The number of amides is 1. The van der Waals surface area contributed by atoms with Crippen LogP contribution < -0.4 is 5.73 Å². The SMILES string of the molecule is CC(C)(C)[C@H](c1nc(-c2ccccc2)cn1Cc1ccccc1)N(C[C@H](O)CN)C(=O)c1ccccc1. The van der Waals surface area contributed by atoms with E-state index < -0.39 is 17.6 Å². The molecule has 4 rings (SSSR count). The maximum absolute atomic E-state index is 13.9. The van der Waals surface area contributed by atoms with Crippen molar-refractivity contribution >= 4 is 5.91 Å². The van der Waals surface area contributed by atoms with Crippen LogP contribution in [0.25, 0.3) is 11.3 Å². The number of carbonyl (C=O) groups excluding carboxylic acids is 1. The second kappa shape index (κ2) is 11.5. The summed E-state index contributed by atoms with van der Waals surface area (Å²) in [6.45, 7) is 7.06. The van der Waals surface area contributed by atoms with Crippen molar-refractivity contribution < 1.29 is 9.90 Å². The fourth-order valence-corrected chi connectivity index (χ4v) is 4.65. The lowest BCUT2D eigenvalue weighted by molar-refractivity contribution is 0.0296. The minimum atomic E-state index is -0.858. The van der Waals surface area contributed by atoms with Crippen molar-refractivity contribution in [3.63, 3.8) is 0 Å². The summed E-state index contributed by atoms with van der Waals surface area (Å²) in [5.74, 6) is 0.604. The molecule has 3 N–H and O–H groups in total. The summed E-state index contributed by atoms with van der Waals surface area (Å²) < 4.78 is 2.13. The standard InChI is InChI=1S/C31H36N4O2/c1-31(2,3)28(35(21-26(36)19-32)30(37)25-17-11-6-12-18-25)29-33-27(24-15-9-5-10-16-24)22-34(29)20-23-13-7-4-8-14-23/h4-18,22,26,28,36H,19-21,32H2,1-3H3/t26-,28+/m1/s1. The van der Waals surface area contributed by atoms with E-state index in [9.17, 15) is 9.90 Å². The van der Waals surface area contributed by atoms with E-state index in [4.69, 9.17) is 10.7 Å². The Morgan fingerprint density at radius 1 is 0.946 bits per heavy atom. The molecule has 0 aliphatic rings. The zero-order valence-corrected chi connectivity index (χ0v) is 21.8. The molecule has 1 aromatic heterocycles. The molecular weight excluding hydrogens is 460 g/mol. The van der Waals surface area contributed by atoms with Crippen LogP contribution in [0.1, 0.15) is 48.6 Å². The van der Waals surface area contributed by atoms with Crippen LogP contribution in [-0.4, -0.2) is 44.7 Å². The molecule has 6 nitrogen and oxygen atoms in total. The van der Waals surface area contributed by atoms with E-state index >= 15 is 0 Å². The van der Waals surface area contributed by atoms with Crippen LogP contribution in [0.15, 0.2) is 97.2 Å². The van der Waals surface area contributed by atoms with Crippen molar-refractivity contribution in [3.8, 4) is 11.3 Å². The molecule has 0 radical (unpaired) electrons. The molecule has 192 valence electrons. The van der Waals surface area contributed by atoms with Gasteiger partial charge in [-0.3, -0.25) is 4.79 Å². The molecule has 0 aliphatic carbocycles. The Kier molecular flexibility index (Phi) is 8.21. The first kappa shape index (κ1) is 26.3. The lowest BCUT2D eigenvalue weighted by Gasteiger charge is -2.40. The molecule has 0 aliphatic heterocycles. The molecule has 0 spiro atoms. The Balaban J connectivity index is 1.88. The van der Waals surface area contributed by atoms with Gasteiger partial charge in [-0.25, -0.2) is 4.98 Å². The molecule has 0 saturated carbocycles. The summed E-state index contributed by atoms with van der Waals surface area (Å²) in [4.78, 5) is 20.8. The average molecular weight is 497 g/mol. The van der Waals surface area contributed by atoms with Crippen molar-refractivity contribution in [3.05, 3.63) is 114 Å². The molecule has 0 bridgehead atoms. The number of aromatic nitrogens is 2. The first-order chi connectivity index (χ1) is 17.8. The minimum absolute atomic E-state index is 0.0587. The van der Waals surface area contributed by atoms with Gasteiger partial charge in [-0.2, -0.15) is 0 Å². The van der Waals surface area contributed by atoms with Crippen LogP contribution in [0, 0.1) is 5.41 Å². The Labute approximate surface area is 219 Å². The summed E-state index contributed by atoms with van der Waals surface area (Å²) in [6, 6.07) is 29.0. The van der Waals surface area contributed by atoms with Gasteiger partial charge in [0.1, 0.15) is 5.82 Å². The summed E-state index contributed by atoms with van der Waals surface area (Å²) in [7, 11) is 0. The predicted molar refractivity (Wildman–Crippen MR) is 148 cm³/mol. The van der Waals surface area contributed by atoms with E-state index in [-0.39, 0.29) is 19.0 Å². The second-order valence-corrected chi connectivity index (χ2v) is 10.4. The first-order valence-electron chi connectivity index (χ1n) is 12.7. The molecule has 4 aromatic rings.